The van der Waals surface area contributed by atoms with Gasteiger partial charge in [-0.3, -0.25) is 4.79 Å². The summed E-state index contributed by atoms with van der Waals surface area (Å²) in [6.07, 6.45) is 0.900. The molecule has 0 radical (unpaired) electrons. The van der Waals surface area contributed by atoms with Crippen LogP contribution in [-0.2, 0) is 4.79 Å². The van der Waals surface area contributed by atoms with Gasteiger partial charge in [-0.2, -0.15) is 0 Å². The summed E-state index contributed by atoms with van der Waals surface area (Å²) in [6.45, 7) is 2.10. The largest absolute Gasteiger partial charge is 0.493 e. The van der Waals surface area contributed by atoms with Crippen LogP contribution in [0.5, 0.6) is 17.2 Å². The van der Waals surface area contributed by atoms with Gasteiger partial charge >= 0.3 is 0 Å². The zero-order valence-electron chi connectivity index (χ0n) is 14.2. The number of nitrogens with one attached hydrogen (secondary N) is 1. The van der Waals surface area contributed by atoms with Crippen molar-refractivity contribution in [3.8, 4) is 17.2 Å². The Bertz CT molecular complexity index is 730. The number of carbonyl (C=O) groups excluding carboxylic acids is 1. The lowest BCUT2D eigenvalue weighted by Crippen LogP contribution is -2.14. The van der Waals surface area contributed by atoms with Crippen LogP contribution in [0.3, 0.4) is 0 Å². The maximum absolute atomic E-state index is 12.5. The van der Waals surface area contributed by atoms with Crippen molar-refractivity contribution < 1.29 is 19.0 Å². The van der Waals surface area contributed by atoms with Crippen molar-refractivity contribution in [2.75, 3.05) is 26.6 Å². The van der Waals surface area contributed by atoms with Crippen LogP contribution in [-0.4, -0.2) is 27.2 Å². The Morgan fingerprint density at radius 3 is 2.33 bits per heavy atom. The van der Waals surface area contributed by atoms with Crippen LogP contribution in [0.4, 0.5) is 5.69 Å². The van der Waals surface area contributed by atoms with Gasteiger partial charge in [0.15, 0.2) is 11.5 Å². The first-order valence-corrected chi connectivity index (χ1v) is 8.61. The Balaban J connectivity index is 1.75. The zero-order chi connectivity index (χ0) is 17.3. The molecule has 1 fully saturated rings. The summed E-state index contributed by atoms with van der Waals surface area (Å²) >= 11 is 1.73. The van der Waals surface area contributed by atoms with E-state index < -0.39 is 0 Å². The predicted octanol–water partition coefficient (Wildman–Crippen LogP) is 3.82. The van der Waals surface area contributed by atoms with Crippen LogP contribution in [0.15, 0.2) is 23.6 Å². The second-order valence-electron chi connectivity index (χ2n) is 5.82. The first-order valence-electron chi connectivity index (χ1n) is 7.73. The van der Waals surface area contributed by atoms with Crippen molar-refractivity contribution in [3.63, 3.8) is 0 Å². The minimum atomic E-state index is 0.0291. The molecule has 1 aliphatic rings. The van der Waals surface area contributed by atoms with E-state index in [-0.39, 0.29) is 11.8 Å². The molecule has 24 heavy (non-hydrogen) atoms. The first kappa shape index (κ1) is 16.6. The molecule has 0 bridgehead atoms. The molecular formula is C18H21NO4S. The molecule has 128 valence electrons. The highest BCUT2D eigenvalue weighted by Crippen LogP contribution is 2.51. The average Bonchev–Trinajstić information content (AvgIpc) is 3.27. The maximum atomic E-state index is 12.5. The minimum Gasteiger partial charge on any atom is -0.493 e. The first-order chi connectivity index (χ1) is 11.6. The van der Waals surface area contributed by atoms with Crippen LogP contribution in [0.1, 0.15) is 22.8 Å². The Morgan fingerprint density at radius 2 is 1.83 bits per heavy atom. The third-order valence-corrected chi connectivity index (χ3v) is 5.45. The summed E-state index contributed by atoms with van der Waals surface area (Å²) in [5, 5.41) is 5.05. The molecule has 1 saturated carbocycles. The molecule has 5 nitrogen and oxygen atoms in total. The van der Waals surface area contributed by atoms with E-state index in [1.54, 1.807) is 44.8 Å². The molecule has 1 amide bonds. The Labute approximate surface area is 145 Å². The lowest BCUT2D eigenvalue weighted by Gasteiger charge is -2.14. The number of methoxy groups -OCH3 is 3. The normalized spacial score (nSPS) is 18.8. The number of aryl methyl sites for hydroxylation is 1. The topological polar surface area (TPSA) is 56.8 Å². The Hall–Kier alpha value is -2.21. The lowest BCUT2D eigenvalue weighted by molar-refractivity contribution is -0.117. The van der Waals surface area contributed by atoms with Gasteiger partial charge in [0.1, 0.15) is 0 Å². The van der Waals surface area contributed by atoms with Gasteiger partial charge in [-0.15, -0.1) is 11.3 Å². The van der Waals surface area contributed by atoms with Gasteiger partial charge < -0.3 is 19.5 Å². The van der Waals surface area contributed by atoms with Crippen LogP contribution >= 0.6 is 11.3 Å². The molecule has 1 aromatic carbocycles. The second kappa shape index (κ2) is 6.73. The maximum Gasteiger partial charge on any atom is 0.228 e. The highest BCUT2D eigenvalue weighted by atomic mass is 32.1. The molecule has 2 aromatic rings. The van der Waals surface area contributed by atoms with E-state index in [1.807, 2.05) is 0 Å². The third-order valence-electron chi connectivity index (χ3n) is 4.30. The molecule has 0 spiro atoms. The van der Waals surface area contributed by atoms with Gasteiger partial charge in [0.2, 0.25) is 11.7 Å². The highest BCUT2D eigenvalue weighted by molar-refractivity contribution is 7.10. The van der Waals surface area contributed by atoms with Crippen molar-refractivity contribution in [1.29, 1.82) is 0 Å². The fraction of sp³-hybridized carbons (Fsp3) is 0.389. The van der Waals surface area contributed by atoms with Crippen LogP contribution in [0, 0.1) is 12.8 Å². The summed E-state index contributed by atoms with van der Waals surface area (Å²) in [4.78, 5) is 13.8. The number of carbonyl (C=O) groups is 1. The number of thiophene rings is 1. The summed E-state index contributed by atoms with van der Waals surface area (Å²) in [5.74, 6) is 1.95. The minimum absolute atomic E-state index is 0.0291. The van der Waals surface area contributed by atoms with Gasteiger partial charge in [0, 0.05) is 34.5 Å². The third kappa shape index (κ3) is 3.06. The van der Waals surface area contributed by atoms with Crippen molar-refractivity contribution in [1.82, 2.24) is 0 Å². The van der Waals surface area contributed by atoms with Gasteiger partial charge in [-0.1, -0.05) is 0 Å². The van der Waals surface area contributed by atoms with Crippen LogP contribution in [0.25, 0.3) is 0 Å². The van der Waals surface area contributed by atoms with Gasteiger partial charge in [0.05, 0.1) is 21.3 Å². The van der Waals surface area contributed by atoms with Gasteiger partial charge in [-0.25, -0.2) is 0 Å². The van der Waals surface area contributed by atoms with E-state index in [9.17, 15) is 4.79 Å². The quantitative estimate of drug-likeness (QED) is 0.863. The highest BCUT2D eigenvalue weighted by Gasteiger charge is 2.45. The number of anilines is 1. The molecule has 6 heteroatoms. The lowest BCUT2D eigenvalue weighted by atomic mass is 10.2. The van der Waals surface area contributed by atoms with E-state index in [1.165, 1.54) is 10.4 Å². The van der Waals surface area contributed by atoms with Crippen molar-refractivity contribution in [3.05, 3.63) is 34.0 Å². The van der Waals surface area contributed by atoms with E-state index in [4.69, 9.17) is 14.2 Å². The molecular weight excluding hydrogens is 326 g/mol. The molecule has 1 heterocycles. The number of ether oxygens (including phenoxy) is 3. The van der Waals surface area contributed by atoms with Crippen molar-refractivity contribution in [2.24, 2.45) is 5.92 Å². The number of amides is 1. The molecule has 1 aromatic heterocycles. The number of hydrogen-bond acceptors (Lipinski definition) is 5. The Kier molecular flexibility index (Phi) is 4.66. The van der Waals surface area contributed by atoms with E-state index in [0.717, 1.165) is 6.42 Å². The fourth-order valence-corrected chi connectivity index (χ4v) is 4.04. The van der Waals surface area contributed by atoms with Crippen LogP contribution in [0.2, 0.25) is 0 Å². The smallest absolute Gasteiger partial charge is 0.228 e. The number of rotatable bonds is 6. The second-order valence-corrected chi connectivity index (χ2v) is 6.77. The van der Waals surface area contributed by atoms with E-state index in [2.05, 4.69) is 23.7 Å². The van der Waals surface area contributed by atoms with E-state index >= 15 is 0 Å². The van der Waals surface area contributed by atoms with Crippen molar-refractivity contribution >= 4 is 22.9 Å². The molecule has 3 rings (SSSR count). The van der Waals surface area contributed by atoms with Gasteiger partial charge in [0.25, 0.3) is 0 Å². The molecule has 2 atom stereocenters. The Morgan fingerprint density at radius 1 is 1.17 bits per heavy atom. The summed E-state index contributed by atoms with van der Waals surface area (Å²) < 4.78 is 15.9. The standard InChI is InChI=1S/C18H21NO4S/c1-10-5-6-24-17(10)12-9-13(12)18(20)19-11-7-14(21-2)16(23-4)15(8-11)22-3/h5-8,12-13H,9H2,1-4H3,(H,19,20)/t12-,13-/m0/s1. The van der Waals surface area contributed by atoms with E-state index in [0.29, 0.717) is 28.9 Å². The molecule has 0 unspecified atom stereocenters. The molecule has 1 aliphatic carbocycles. The molecule has 1 N–H and O–H groups in total. The average molecular weight is 347 g/mol. The van der Waals surface area contributed by atoms with Crippen molar-refractivity contribution in [2.45, 2.75) is 19.3 Å². The predicted molar refractivity (Wildman–Crippen MR) is 94.6 cm³/mol. The SMILES string of the molecule is COc1cc(NC(=O)[C@H]2C[C@@H]2c2sccc2C)cc(OC)c1OC. The monoisotopic (exact) mass is 347 g/mol. The molecule has 0 saturated heterocycles. The summed E-state index contributed by atoms with van der Waals surface area (Å²) in [5.41, 5.74) is 1.91. The summed E-state index contributed by atoms with van der Waals surface area (Å²) in [6, 6.07) is 5.59. The molecule has 0 aliphatic heterocycles. The number of hydrogen-bond donors (Lipinski definition) is 1. The summed E-state index contributed by atoms with van der Waals surface area (Å²) in [7, 11) is 4.66. The number of benzene rings is 1. The fourth-order valence-electron chi connectivity index (χ4n) is 2.93. The zero-order valence-corrected chi connectivity index (χ0v) is 15.0. The van der Waals surface area contributed by atoms with Crippen LogP contribution < -0.4 is 19.5 Å². The van der Waals surface area contributed by atoms with Gasteiger partial charge in [-0.05, 0) is 30.4 Å².